The van der Waals surface area contributed by atoms with E-state index in [1.165, 1.54) is 43.8 Å². The van der Waals surface area contributed by atoms with Gasteiger partial charge in [-0.2, -0.15) is 0 Å². The molecule has 0 unspecified atom stereocenters. The zero-order valence-electron chi connectivity index (χ0n) is 18.5. The summed E-state index contributed by atoms with van der Waals surface area (Å²) in [5.41, 5.74) is 7.85. The second-order valence-corrected chi connectivity index (χ2v) is 12.8. The third kappa shape index (κ3) is 3.35. The Morgan fingerprint density at radius 2 is 0.906 bits per heavy atom. The van der Waals surface area contributed by atoms with Crippen LogP contribution in [0.25, 0.3) is 21.5 Å². The van der Waals surface area contributed by atoms with E-state index in [4.69, 9.17) is 0 Å². The van der Waals surface area contributed by atoms with E-state index in [1.54, 1.807) is 0 Å². The molecule has 3 heterocycles. The molecule has 0 radical (unpaired) electrons. The van der Waals surface area contributed by atoms with Crippen LogP contribution in [0.2, 0.25) is 12.6 Å². The molecule has 0 aliphatic carbocycles. The van der Waals surface area contributed by atoms with Gasteiger partial charge in [0, 0.05) is 24.8 Å². The second kappa shape index (κ2) is 8.52. The number of benzene rings is 2. The molecule has 156 valence electrons. The molecule has 0 N–H and O–H groups in total. The minimum atomic E-state index is -2.09. The van der Waals surface area contributed by atoms with E-state index in [9.17, 15) is 0 Å². The van der Waals surface area contributed by atoms with E-state index in [-0.39, 0.29) is 0 Å². The highest BCUT2D eigenvalue weighted by atomic mass is 28.3. The molecule has 32 heavy (non-hydrogen) atoms. The molecule has 3 heteroatoms. The Kier molecular flexibility index (Phi) is 5.42. The SMILES string of the molecule is CC[Si]1(C)C(c2ccncc2)=C(c2ccccc2)C(c2ccccc2)=C1c1ccncc1. The van der Waals surface area contributed by atoms with Gasteiger partial charge in [-0.1, -0.05) is 80.2 Å². The van der Waals surface area contributed by atoms with Crippen LogP contribution in [-0.4, -0.2) is 18.0 Å². The van der Waals surface area contributed by atoms with Crippen LogP contribution in [0.15, 0.2) is 110 Å². The number of hydrogen-bond donors (Lipinski definition) is 0. The van der Waals surface area contributed by atoms with Gasteiger partial charge < -0.3 is 0 Å². The van der Waals surface area contributed by atoms with E-state index in [1.807, 2.05) is 24.8 Å². The highest BCUT2D eigenvalue weighted by Crippen LogP contribution is 2.56. The molecule has 5 rings (SSSR count). The van der Waals surface area contributed by atoms with Gasteiger partial charge in [-0.25, -0.2) is 0 Å². The minimum absolute atomic E-state index is 1.12. The number of pyridine rings is 2. The minimum Gasteiger partial charge on any atom is -0.265 e. The van der Waals surface area contributed by atoms with Crippen LogP contribution in [0.3, 0.4) is 0 Å². The number of aromatic nitrogens is 2. The largest absolute Gasteiger partial charge is 0.265 e. The first-order valence-electron chi connectivity index (χ1n) is 11.2. The molecule has 0 bridgehead atoms. The van der Waals surface area contributed by atoms with E-state index < -0.39 is 8.07 Å². The molecule has 4 aromatic rings. The number of allylic oxidation sites excluding steroid dienone is 2. The van der Waals surface area contributed by atoms with Gasteiger partial charge in [0.25, 0.3) is 0 Å². The maximum atomic E-state index is 4.31. The van der Waals surface area contributed by atoms with E-state index in [0.717, 1.165) is 6.04 Å². The first-order valence-corrected chi connectivity index (χ1v) is 13.9. The van der Waals surface area contributed by atoms with Crippen molar-refractivity contribution in [1.82, 2.24) is 9.97 Å². The zero-order chi connectivity index (χ0) is 22.0. The summed E-state index contributed by atoms with van der Waals surface area (Å²) >= 11 is 0. The van der Waals surface area contributed by atoms with Crippen LogP contribution in [0.5, 0.6) is 0 Å². The fourth-order valence-corrected chi connectivity index (χ4v) is 9.24. The van der Waals surface area contributed by atoms with E-state index >= 15 is 0 Å². The molecular weight excluding hydrogens is 404 g/mol. The summed E-state index contributed by atoms with van der Waals surface area (Å²) in [4.78, 5) is 8.63. The summed E-state index contributed by atoms with van der Waals surface area (Å²) in [5.74, 6) is 0. The van der Waals surface area contributed by atoms with Gasteiger partial charge in [-0.3, -0.25) is 9.97 Å². The lowest BCUT2D eigenvalue weighted by Crippen LogP contribution is -2.32. The van der Waals surface area contributed by atoms with Gasteiger partial charge in [0.05, 0.1) is 0 Å². The van der Waals surface area contributed by atoms with Crippen LogP contribution < -0.4 is 0 Å². The van der Waals surface area contributed by atoms with Gasteiger partial charge in [0.15, 0.2) is 0 Å². The molecule has 0 saturated heterocycles. The molecule has 0 atom stereocenters. The summed E-state index contributed by atoms with van der Waals surface area (Å²) in [6.07, 6.45) is 7.67. The first kappa shape index (κ1) is 20.3. The fraction of sp³-hybridized carbons (Fsp3) is 0.103. The van der Waals surface area contributed by atoms with Crippen molar-refractivity contribution in [1.29, 1.82) is 0 Å². The molecular formula is C29H26N2Si. The van der Waals surface area contributed by atoms with Crippen molar-refractivity contribution in [2.45, 2.75) is 19.5 Å². The van der Waals surface area contributed by atoms with Crippen molar-refractivity contribution >= 4 is 29.6 Å². The van der Waals surface area contributed by atoms with Crippen molar-refractivity contribution < 1.29 is 0 Å². The lowest BCUT2D eigenvalue weighted by molar-refractivity contribution is 1.31. The summed E-state index contributed by atoms with van der Waals surface area (Å²) < 4.78 is 0. The zero-order valence-corrected chi connectivity index (χ0v) is 19.5. The van der Waals surface area contributed by atoms with Crippen molar-refractivity contribution in [3.63, 3.8) is 0 Å². The molecule has 2 aromatic heterocycles. The molecule has 0 spiro atoms. The van der Waals surface area contributed by atoms with Crippen LogP contribution in [0, 0.1) is 0 Å². The normalized spacial score (nSPS) is 15.3. The number of hydrogen-bond acceptors (Lipinski definition) is 2. The Balaban J connectivity index is 1.94. The molecule has 0 fully saturated rings. The van der Waals surface area contributed by atoms with Gasteiger partial charge >= 0.3 is 0 Å². The van der Waals surface area contributed by atoms with Gasteiger partial charge in [-0.15, -0.1) is 0 Å². The summed E-state index contributed by atoms with van der Waals surface area (Å²) in [7, 11) is -2.09. The third-order valence-electron chi connectivity index (χ3n) is 6.62. The standard InChI is InChI=1S/C29H26N2Si/c1-3-32(2)28(24-14-18-30-19-15-24)26(22-10-6-4-7-11-22)27(23-12-8-5-9-13-23)29(32)25-16-20-31-21-17-25/h4-21H,3H2,1-2H3. The molecule has 2 nitrogen and oxygen atoms in total. The van der Waals surface area contributed by atoms with Gasteiger partial charge in [-0.05, 0) is 68.1 Å². The maximum absolute atomic E-state index is 4.31. The molecule has 0 saturated carbocycles. The lowest BCUT2D eigenvalue weighted by atomic mass is 9.89. The Morgan fingerprint density at radius 1 is 0.531 bits per heavy atom. The molecule has 1 aliphatic rings. The molecule has 1 aliphatic heterocycles. The molecule has 0 amide bonds. The smallest absolute Gasteiger partial charge is 0.118 e. The average Bonchev–Trinajstić information content (AvgIpc) is 3.16. The Bertz CT molecular complexity index is 1180. The van der Waals surface area contributed by atoms with Crippen LogP contribution in [0.4, 0.5) is 0 Å². The predicted octanol–water partition coefficient (Wildman–Crippen LogP) is 7.19. The van der Waals surface area contributed by atoms with E-state index in [2.05, 4.69) is 108 Å². The van der Waals surface area contributed by atoms with Gasteiger partial charge in [0.2, 0.25) is 0 Å². The Morgan fingerprint density at radius 3 is 1.25 bits per heavy atom. The average molecular weight is 431 g/mol. The lowest BCUT2D eigenvalue weighted by Gasteiger charge is -2.29. The van der Waals surface area contributed by atoms with Crippen molar-refractivity contribution in [2.75, 3.05) is 0 Å². The highest BCUT2D eigenvalue weighted by molar-refractivity contribution is 7.13. The van der Waals surface area contributed by atoms with Crippen molar-refractivity contribution in [2.24, 2.45) is 0 Å². The van der Waals surface area contributed by atoms with E-state index in [0.29, 0.717) is 0 Å². The monoisotopic (exact) mass is 430 g/mol. The fourth-order valence-electron chi connectivity index (χ4n) is 5.03. The highest BCUT2D eigenvalue weighted by Gasteiger charge is 2.45. The van der Waals surface area contributed by atoms with Crippen molar-refractivity contribution in [3.8, 4) is 0 Å². The predicted molar refractivity (Wildman–Crippen MR) is 137 cm³/mol. The van der Waals surface area contributed by atoms with Crippen LogP contribution in [0.1, 0.15) is 29.2 Å². The van der Waals surface area contributed by atoms with Crippen molar-refractivity contribution in [3.05, 3.63) is 132 Å². The number of rotatable bonds is 5. The quantitative estimate of drug-likeness (QED) is 0.313. The maximum Gasteiger partial charge on any atom is 0.118 e. The van der Waals surface area contributed by atoms with Crippen LogP contribution >= 0.6 is 0 Å². The topological polar surface area (TPSA) is 25.8 Å². The first-order chi connectivity index (χ1) is 15.7. The molecule has 2 aromatic carbocycles. The van der Waals surface area contributed by atoms with Gasteiger partial charge in [0.1, 0.15) is 8.07 Å². The summed E-state index contributed by atoms with van der Waals surface area (Å²) in [6, 6.07) is 31.6. The third-order valence-corrected chi connectivity index (χ3v) is 11.3. The summed E-state index contributed by atoms with van der Waals surface area (Å²) in [6.45, 7) is 4.88. The number of nitrogens with zero attached hydrogens (tertiary/aromatic N) is 2. The second-order valence-electron chi connectivity index (χ2n) is 8.39. The van der Waals surface area contributed by atoms with Crippen LogP contribution in [-0.2, 0) is 0 Å². The summed E-state index contributed by atoms with van der Waals surface area (Å²) in [5, 5.41) is 3.00. The Hall–Kier alpha value is -3.56. The Labute approximate surface area is 191 Å².